The van der Waals surface area contributed by atoms with E-state index in [1.165, 1.54) is 0 Å². The zero-order chi connectivity index (χ0) is 30.6. The molecule has 3 fully saturated rings. The van der Waals surface area contributed by atoms with Crippen LogP contribution in [0.2, 0.25) is 16.6 Å². The Balaban J connectivity index is 1.33. The number of fused-ring (bicyclic) bond motifs is 4. The fraction of sp³-hybridized carbons (Fsp3) is 0.636. The highest BCUT2D eigenvalue weighted by molar-refractivity contribution is 6.90. The minimum absolute atomic E-state index is 0.0255. The first-order valence-corrected chi connectivity index (χ1v) is 17.3. The van der Waals surface area contributed by atoms with Gasteiger partial charge in [-0.3, -0.25) is 4.98 Å². The van der Waals surface area contributed by atoms with E-state index in [1.807, 2.05) is 52.0 Å². The Hall–Kier alpha value is -2.32. The van der Waals surface area contributed by atoms with E-state index in [9.17, 15) is 4.79 Å². The van der Waals surface area contributed by atoms with Crippen molar-refractivity contribution in [1.82, 2.24) is 4.98 Å². The molecule has 5 rings (SSSR count). The summed E-state index contributed by atoms with van der Waals surface area (Å²) >= 11 is 0. The fourth-order valence-electron chi connectivity index (χ4n) is 7.00. The van der Waals surface area contributed by atoms with Crippen LogP contribution >= 0.6 is 0 Å². The predicted molar refractivity (Wildman–Crippen MR) is 162 cm³/mol. The largest absolute Gasteiger partial charge is 0.459 e. The highest BCUT2D eigenvalue weighted by Gasteiger charge is 2.60. The SMILES string of the molecule is CC(C)[Si](C#Cc1ccc2ncc(C(=O)OC[C@H]3O[C@@H]4OC(C)(C)O[C@@H]4[C@H]4OC(C)(C)O[C@H]43)cc2c1)(C(C)C)C(C)C. The van der Waals surface area contributed by atoms with Gasteiger partial charge in [-0.1, -0.05) is 47.5 Å². The van der Waals surface area contributed by atoms with Gasteiger partial charge in [0, 0.05) is 17.1 Å². The van der Waals surface area contributed by atoms with E-state index in [4.69, 9.17) is 28.4 Å². The number of pyridine rings is 1. The summed E-state index contributed by atoms with van der Waals surface area (Å²) in [4.78, 5) is 17.7. The highest BCUT2D eigenvalue weighted by atomic mass is 28.3. The van der Waals surface area contributed by atoms with E-state index >= 15 is 0 Å². The number of ether oxygens (including phenoxy) is 6. The van der Waals surface area contributed by atoms with Gasteiger partial charge in [-0.05, 0) is 68.6 Å². The van der Waals surface area contributed by atoms with Gasteiger partial charge in [-0.2, -0.15) is 0 Å². The normalized spacial score (nSPS) is 28.1. The van der Waals surface area contributed by atoms with Crippen molar-refractivity contribution in [3.05, 3.63) is 41.6 Å². The van der Waals surface area contributed by atoms with Crippen LogP contribution in [0.4, 0.5) is 0 Å². The number of hydrogen-bond donors (Lipinski definition) is 0. The Kier molecular flexibility index (Phi) is 8.38. The van der Waals surface area contributed by atoms with Crippen LogP contribution < -0.4 is 0 Å². The summed E-state index contributed by atoms with van der Waals surface area (Å²) in [5.41, 5.74) is 7.50. The van der Waals surface area contributed by atoms with Gasteiger partial charge in [0.15, 0.2) is 17.9 Å². The summed E-state index contributed by atoms with van der Waals surface area (Å²) in [5.74, 6) is 1.37. The molecule has 4 heterocycles. The van der Waals surface area contributed by atoms with Crippen LogP contribution in [0, 0.1) is 11.5 Å². The molecule has 0 N–H and O–H groups in total. The molecule has 0 amide bonds. The van der Waals surface area contributed by atoms with Crippen molar-refractivity contribution in [3.63, 3.8) is 0 Å². The number of esters is 1. The van der Waals surface area contributed by atoms with Crippen molar-refractivity contribution >= 4 is 24.9 Å². The maximum Gasteiger partial charge on any atom is 0.339 e. The number of nitrogens with zero attached hydrogens (tertiary/aromatic N) is 1. The molecule has 42 heavy (non-hydrogen) atoms. The number of aromatic nitrogens is 1. The molecule has 0 saturated carbocycles. The Labute approximate surface area is 250 Å². The average molecular weight is 596 g/mol. The average Bonchev–Trinajstić information content (AvgIpc) is 3.40. The maximum atomic E-state index is 13.2. The van der Waals surface area contributed by atoms with Crippen LogP contribution in [0.3, 0.4) is 0 Å². The van der Waals surface area contributed by atoms with E-state index in [2.05, 4.69) is 58.0 Å². The molecule has 3 aliphatic rings. The Bertz CT molecular complexity index is 1370. The second-order valence-electron chi connectivity index (χ2n) is 13.6. The molecule has 0 aliphatic carbocycles. The molecular formula is C33H45NO7Si. The van der Waals surface area contributed by atoms with Gasteiger partial charge in [0.1, 0.15) is 39.1 Å². The summed E-state index contributed by atoms with van der Waals surface area (Å²) in [7, 11) is -1.87. The van der Waals surface area contributed by atoms with E-state index in [1.54, 1.807) is 6.20 Å². The quantitative estimate of drug-likeness (QED) is 0.217. The molecule has 1 aromatic heterocycles. The topological polar surface area (TPSA) is 85.3 Å². The van der Waals surface area contributed by atoms with Gasteiger partial charge in [0.05, 0.1) is 11.1 Å². The van der Waals surface area contributed by atoms with Crippen molar-refractivity contribution in [3.8, 4) is 11.5 Å². The third-order valence-electron chi connectivity index (χ3n) is 8.84. The maximum absolute atomic E-state index is 13.2. The van der Waals surface area contributed by atoms with Crippen LogP contribution in [0.5, 0.6) is 0 Å². The third kappa shape index (κ3) is 5.90. The lowest BCUT2D eigenvalue weighted by Crippen LogP contribution is -2.56. The lowest BCUT2D eigenvalue weighted by Gasteiger charge is -2.38. The van der Waals surface area contributed by atoms with Crippen molar-refractivity contribution in [1.29, 1.82) is 0 Å². The van der Waals surface area contributed by atoms with Crippen molar-refractivity contribution < 1.29 is 33.2 Å². The predicted octanol–water partition coefficient (Wildman–Crippen LogP) is 6.36. The minimum atomic E-state index is -1.87. The van der Waals surface area contributed by atoms with Gasteiger partial charge < -0.3 is 28.4 Å². The minimum Gasteiger partial charge on any atom is -0.459 e. The molecule has 0 spiro atoms. The standard InChI is InChI=1S/C33H45NO7Si/c1-19(2)42(20(3)4,21(5)6)14-13-22-11-12-25-23(15-22)16-24(17-34-25)30(35)36-18-26-27-28(39-32(7,8)38-27)29-31(37-26)41-33(9,10)40-29/h11-12,15-17,19-21,26-29,31H,18H2,1-10H3/t26-,27+,28+,29-,31-/m1/s1. The zero-order valence-electron chi connectivity index (χ0n) is 26.5. The molecule has 9 heteroatoms. The zero-order valence-corrected chi connectivity index (χ0v) is 27.5. The van der Waals surface area contributed by atoms with Crippen LogP contribution in [-0.4, -0.2) is 67.9 Å². The second-order valence-corrected chi connectivity index (χ2v) is 19.2. The molecule has 1 aromatic carbocycles. The van der Waals surface area contributed by atoms with E-state index in [0.717, 1.165) is 16.5 Å². The molecule has 3 saturated heterocycles. The summed E-state index contributed by atoms with van der Waals surface area (Å²) < 4.78 is 36.2. The highest BCUT2D eigenvalue weighted by Crippen LogP contribution is 2.44. The molecule has 8 nitrogen and oxygen atoms in total. The Morgan fingerprint density at radius 3 is 2.19 bits per heavy atom. The number of rotatable bonds is 6. The van der Waals surface area contributed by atoms with Gasteiger partial charge >= 0.3 is 5.97 Å². The monoisotopic (exact) mass is 595 g/mol. The number of hydrogen-bond acceptors (Lipinski definition) is 8. The number of carbonyl (C=O) groups excluding carboxylic acids is 1. The van der Waals surface area contributed by atoms with Crippen molar-refractivity contribution in [2.75, 3.05) is 6.61 Å². The third-order valence-corrected chi connectivity index (χ3v) is 15.1. The molecule has 0 bridgehead atoms. The van der Waals surface area contributed by atoms with Crippen LogP contribution in [0.15, 0.2) is 30.5 Å². The summed E-state index contributed by atoms with van der Waals surface area (Å²) in [6.07, 6.45) is -1.000. The molecule has 0 unspecified atom stereocenters. The van der Waals surface area contributed by atoms with E-state index in [-0.39, 0.29) is 6.61 Å². The molecule has 3 aliphatic heterocycles. The van der Waals surface area contributed by atoms with Gasteiger partial charge in [-0.25, -0.2) is 4.79 Å². The summed E-state index contributed by atoms with van der Waals surface area (Å²) in [5, 5.41) is 0.840. The molecule has 0 radical (unpaired) electrons. The fourth-order valence-corrected chi connectivity index (χ4v) is 12.2. The lowest BCUT2D eigenvalue weighted by molar-refractivity contribution is -0.240. The summed E-state index contributed by atoms with van der Waals surface area (Å²) in [6, 6.07) is 7.77. The second kappa shape index (κ2) is 11.3. The van der Waals surface area contributed by atoms with Gasteiger partial charge in [0.2, 0.25) is 0 Å². The van der Waals surface area contributed by atoms with Crippen molar-refractivity contribution in [2.24, 2.45) is 0 Å². The van der Waals surface area contributed by atoms with Crippen LogP contribution in [0.25, 0.3) is 10.9 Å². The van der Waals surface area contributed by atoms with E-state index in [0.29, 0.717) is 22.2 Å². The molecule has 2 aromatic rings. The molecule has 228 valence electrons. The number of carbonyl (C=O) groups is 1. The number of benzene rings is 1. The Morgan fingerprint density at radius 1 is 0.905 bits per heavy atom. The first-order chi connectivity index (χ1) is 19.6. The van der Waals surface area contributed by atoms with E-state index < -0.39 is 56.3 Å². The Morgan fingerprint density at radius 2 is 1.52 bits per heavy atom. The lowest BCUT2D eigenvalue weighted by atomic mass is 9.99. The molecule has 5 atom stereocenters. The summed E-state index contributed by atoms with van der Waals surface area (Å²) in [6.45, 7) is 21.2. The van der Waals surface area contributed by atoms with Crippen LogP contribution in [0.1, 0.15) is 85.2 Å². The van der Waals surface area contributed by atoms with Gasteiger partial charge in [-0.15, -0.1) is 5.54 Å². The first kappa shape index (κ1) is 31.1. The van der Waals surface area contributed by atoms with Crippen LogP contribution in [-0.2, 0) is 28.4 Å². The molecular weight excluding hydrogens is 550 g/mol. The smallest absolute Gasteiger partial charge is 0.339 e. The van der Waals surface area contributed by atoms with Gasteiger partial charge in [0.25, 0.3) is 0 Å². The first-order valence-electron chi connectivity index (χ1n) is 15.1. The van der Waals surface area contributed by atoms with Crippen molar-refractivity contribution in [2.45, 2.75) is 128 Å².